The van der Waals surface area contributed by atoms with Gasteiger partial charge in [-0.2, -0.15) is 0 Å². The number of nitrogens with one attached hydrogen (secondary N) is 1. The lowest BCUT2D eigenvalue weighted by Crippen LogP contribution is -2.42. The third-order valence-corrected chi connectivity index (χ3v) is 4.74. The third-order valence-electron chi connectivity index (χ3n) is 4.74. The standard InChI is InChI=1S/C24H36N2O3/c1-24(2,3)25-16-20(27)17-29-23-9-7-6-8-21(23)22(28)15-12-18-10-13-19(14-11-18)26(4)5/h6-11,13-14,20,22,25,27-28H,12,15-17H2,1-5H3. The first kappa shape index (κ1) is 23.2. The SMILES string of the molecule is CN(C)c1ccc(CCC(O)c2ccccc2OCC(O)CNC(C)(C)C)cc1. The number of rotatable bonds is 10. The summed E-state index contributed by atoms with van der Waals surface area (Å²) >= 11 is 0. The Bertz CT molecular complexity index is 739. The highest BCUT2D eigenvalue weighted by molar-refractivity contribution is 5.46. The fraction of sp³-hybridized carbons (Fsp3) is 0.500. The number of aryl methyl sites for hydroxylation is 1. The smallest absolute Gasteiger partial charge is 0.125 e. The van der Waals surface area contributed by atoms with Crippen LogP contribution in [0.15, 0.2) is 48.5 Å². The van der Waals surface area contributed by atoms with Gasteiger partial charge in [-0.25, -0.2) is 0 Å². The summed E-state index contributed by atoms with van der Waals surface area (Å²) < 4.78 is 5.82. The minimum atomic E-state index is -0.621. The van der Waals surface area contributed by atoms with E-state index < -0.39 is 12.2 Å². The summed E-state index contributed by atoms with van der Waals surface area (Å²) in [6.45, 7) is 6.80. The summed E-state index contributed by atoms with van der Waals surface area (Å²) in [5.41, 5.74) is 3.05. The second-order valence-electron chi connectivity index (χ2n) is 8.75. The Balaban J connectivity index is 1.91. The molecule has 2 aromatic rings. The highest BCUT2D eigenvalue weighted by atomic mass is 16.5. The van der Waals surface area contributed by atoms with Gasteiger partial charge in [-0.05, 0) is 57.4 Å². The Morgan fingerprint density at radius 2 is 1.66 bits per heavy atom. The molecule has 0 saturated carbocycles. The van der Waals surface area contributed by atoms with Gasteiger partial charge in [0, 0.05) is 37.4 Å². The van der Waals surface area contributed by atoms with Gasteiger partial charge in [0.25, 0.3) is 0 Å². The first-order chi connectivity index (χ1) is 13.7. The average Bonchev–Trinajstić information content (AvgIpc) is 2.69. The zero-order valence-corrected chi connectivity index (χ0v) is 18.4. The number of para-hydroxylation sites is 1. The topological polar surface area (TPSA) is 65.0 Å². The summed E-state index contributed by atoms with van der Waals surface area (Å²) in [6.07, 6.45) is 0.149. The molecule has 0 bridgehead atoms. The number of anilines is 1. The summed E-state index contributed by atoms with van der Waals surface area (Å²) in [4.78, 5) is 2.07. The van der Waals surface area contributed by atoms with Gasteiger partial charge in [-0.15, -0.1) is 0 Å². The normalized spacial score (nSPS) is 13.8. The molecule has 2 aromatic carbocycles. The van der Waals surface area contributed by atoms with E-state index in [4.69, 9.17) is 4.74 Å². The van der Waals surface area contributed by atoms with E-state index in [1.54, 1.807) is 0 Å². The van der Waals surface area contributed by atoms with Crippen LogP contribution in [0.5, 0.6) is 5.75 Å². The molecular weight excluding hydrogens is 364 g/mol. The molecule has 2 atom stereocenters. The lowest BCUT2D eigenvalue weighted by Gasteiger charge is -2.23. The van der Waals surface area contributed by atoms with Crippen LogP contribution in [0.4, 0.5) is 5.69 Å². The molecule has 0 aliphatic carbocycles. The number of aliphatic hydroxyl groups is 2. The van der Waals surface area contributed by atoms with Gasteiger partial charge in [0.2, 0.25) is 0 Å². The van der Waals surface area contributed by atoms with Crippen LogP contribution in [0.3, 0.4) is 0 Å². The Morgan fingerprint density at radius 3 is 2.28 bits per heavy atom. The van der Waals surface area contributed by atoms with E-state index in [-0.39, 0.29) is 12.1 Å². The number of ether oxygens (including phenoxy) is 1. The van der Waals surface area contributed by atoms with Crippen molar-refractivity contribution >= 4 is 5.69 Å². The number of nitrogens with zero attached hydrogens (tertiary/aromatic N) is 1. The molecule has 0 radical (unpaired) electrons. The molecule has 0 heterocycles. The minimum Gasteiger partial charge on any atom is -0.490 e. The Labute approximate surface area is 175 Å². The number of hydrogen-bond acceptors (Lipinski definition) is 5. The summed E-state index contributed by atoms with van der Waals surface area (Å²) in [7, 11) is 4.04. The van der Waals surface area contributed by atoms with Crippen molar-refractivity contribution in [3.63, 3.8) is 0 Å². The van der Waals surface area contributed by atoms with Crippen LogP contribution in [0.25, 0.3) is 0 Å². The second kappa shape index (κ2) is 10.6. The second-order valence-corrected chi connectivity index (χ2v) is 8.75. The van der Waals surface area contributed by atoms with Crippen LogP contribution >= 0.6 is 0 Å². The van der Waals surface area contributed by atoms with E-state index in [1.807, 2.05) is 38.4 Å². The predicted octanol–water partition coefficient (Wildman–Crippen LogP) is 3.55. The summed E-state index contributed by atoms with van der Waals surface area (Å²) in [6, 6.07) is 15.9. The van der Waals surface area contributed by atoms with Crippen LogP contribution < -0.4 is 15.0 Å². The van der Waals surface area contributed by atoms with Crippen LogP contribution in [0, 0.1) is 0 Å². The third kappa shape index (κ3) is 8.05. The van der Waals surface area contributed by atoms with Crippen molar-refractivity contribution in [1.29, 1.82) is 0 Å². The highest BCUT2D eigenvalue weighted by Crippen LogP contribution is 2.28. The van der Waals surface area contributed by atoms with Crippen LogP contribution in [0.1, 0.15) is 44.4 Å². The molecule has 0 aliphatic rings. The van der Waals surface area contributed by atoms with Crippen molar-refractivity contribution in [3.05, 3.63) is 59.7 Å². The summed E-state index contributed by atoms with van der Waals surface area (Å²) in [5.74, 6) is 0.623. The van der Waals surface area contributed by atoms with Gasteiger partial charge in [0.1, 0.15) is 18.5 Å². The van der Waals surface area contributed by atoms with Crippen molar-refractivity contribution in [2.45, 2.75) is 51.4 Å². The van der Waals surface area contributed by atoms with Crippen molar-refractivity contribution in [1.82, 2.24) is 5.32 Å². The van der Waals surface area contributed by atoms with Crippen LogP contribution in [-0.2, 0) is 6.42 Å². The van der Waals surface area contributed by atoms with Gasteiger partial charge >= 0.3 is 0 Å². The van der Waals surface area contributed by atoms with Gasteiger partial charge in [-0.1, -0.05) is 30.3 Å². The summed E-state index contributed by atoms with van der Waals surface area (Å²) in [5, 5.41) is 24.1. The zero-order chi connectivity index (χ0) is 21.4. The van der Waals surface area contributed by atoms with Gasteiger partial charge in [-0.3, -0.25) is 0 Å². The first-order valence-corrected chi connectivity index (χ1v) is 10.2. The van der Waals surface area contributed by atoms with Crippen LogP contribution in [0.2, 0.25) is 0 Å². The van der Waals surface area contributed by atoms with E-state index >= 15 is 0 Å². The maximum Gasteiger partial charge on any atom is 0.125 e. The van der Waals surface area contributed by atoms with Gasteiger partial charge in [0.15, 0.2) is 0 Å². The molecule has 2 unspecified atom stereocenters. The Morgan fingerprint density at radius 1 is 1.00 bits per heavy atom. The Kier molecular flexibility index (Phi) is 8.50. The van der Waals surface area contributed by atoms with E-state index in [0.29, 0.717) is 18.7 Å². The average molecular weight is 401 g/mol. The van der Waals surface area contributed by atoms with Crippen LogP contribution in [-0.4, -0.2) is 49.1 Å². The molecule has 2 rings (SSSR count). The molecule has 0 spiro atoms. The van der Waals surface area contributed by atoms with E-state index in [1.165, 1.54) is 5.56 Å². The molecule has 0 amide bonds. The zero-order valence-electron chi connectivity index (χ0n) is 18.4. The lowest BCUT2D eigenvalue weighted by atomic mass is 10.0. The highest BCUT2D eigenvalue weighted by Gasteiger charge is 2.16. The van der Waals surface area contributed by atoms with Gasteiger partial charge in [0.05, 0.1) is 6.10 Å². The fourth-order valence-corrected chi connectivity index (χ4v) is 2.98. The quantitative estimate of drug-likeness (QED) is 0.569. The maximum atomic E-state index is 10.7. The van der Waals surface area contributed by atoms with E-state index in [2.05, 4.69) is 55.3 Å². The van der Waals surface area contributed by atoms with Crippen molar-refractivity contribution < 1.29 is 14.9 Å². The monoisotopic (exact) mass is 400 g/mol. The molecule has 29 heavy (non-hydrogen) atoms. The molecular formula is C24H36N2O3. The lowest BCUT2D eigenvalue weighted by molar-refractivity contribution is 0.0960. The number of hydrogen-bond donors (Lipinski definition) is 3. The van der Waals surface area contributed by atoms with E-state index in [9.17, 15) is 10.2 Å². The largest absolute Gasteiger partial charge is 0.490 e. The van der Waals surface area contributed by atoms with Gasteiger partial charge < -0.3 is 25.2 Å². The molecule has 0 aromatic heterocycles. The van der Waals surface area contributed by atoms with Crippen molar-refractivity contribution in [2.24, 2.45) is 0 Å². The predicted molar refractivity (Wildman–Crippen MR) is 120 cm³/mol. The van der Waals surface area contributed by atoms with E-state index in [0.717, 1.165) is 17.7 Å². The molecule has 0 fully saturated rings. The number of aliphatic hydroxyl groups excluding tert-OH is 2. The number of benzene rings is 2. The minimum absolute atomic E-state index is 0.0557. The molecule has 3 N–H and O–H groups in total. The molecule has 0 saturated heterocycles. The molecule has 0 aliphatic heterocycles. The molecule has 5 heteroatoms. The molecule has 160 valence electrons. The van der Waals surface area contributed by atoms with Crippen molar-refractivity contribution in [2.75, 3.05) is 32.1 Å². The Hall–Kier alpha value is -2.08. The maximum absolute atomic E-state index is 10.7. The van der Waals surface area contributed by atoms with Crippen molar-refractivity contribution in [3.8, 4) is 5.75 Å². The fourth-order valence-electron chi connectivity index (χ4n) is 2.98. The number of β-amino-alcohol motifs (C(OH)–C–C–N with tert-alkyl or cyclic N) is 1. The first-order valence-electron chi connectivity index (χ1n) is 10.2. The molecule has 5 nitrogen and oxygen atoms in total.